The number of hydrogen-bond donors (Lipinski definition) is 2. The molecule has 1 aliphatic rings. The largest absolute Gasteiger partial charge is 0.326 e. The molecule has 1 heterocycles. The minimum atomic E-state index is -0.994. The Labute approximate surface area is 121 Å². The number of carbonyl (C=O) groups is 4. The molecule has 0 aromatic heterocycles. The summed E-state index contributed by atoms with van der Waals surface area (Å²) in [6, 6.07) is 6.38. The van der Waals surface area contributed by atoms with Crippen molar-refractivity contribution in [1.82, 2.24) is 10.4 Å². The molecule has 2 rings (SSSR count). The summed E-state index contributed by atoms with van der Waals surface area (Å²) in [5.74, 6) is -2.41. The maximum absolute atomic E-state index is 11.9. The lowest BCUT2D eigenvalue weighted by molar-refractivity contribution is -0.134. The summed E-state index contributed by atoms with van der Waals surface area (Å²) in [7, 11) is 1.43. The Bertz CT molecular complexity index is 609. The van der Waals surface area contributed by atoms with E-state index in [1.165, 1.54) is 14.0 Å². The highest BCUT2D eigenvalue weighted by atomic mass is 16.2. The molecule has 0 radical (unpaired) electrons. The topological polar surface area (TPSA) is 95.6 Å². The Morgan fingerprint density at radius 3 is 2.33 bits per heavy atom. The first kappa shape index (κ1) is 14.7. The van der Waals surface area contributed by atoms with Crippen LogP contribution in [0.4, 0.5) is 5.69 Å². The Balaban J connectivity index is 1.97. The molecule has 1 aromatic carbocycles. The molecule has 1 atom stereocenters. The van der Waals surface area contributed by atoms with E-state index in [9.17, 15) is 19.2 Å². The molecule has 1 saturated heterocycles. The normalized spacial score (nSPS) is 17.6. The van der Waals surface area contributed by atoms with Gasteiger partial charge >= 0.3 is 0 Å². The standard InChI is InChI=1S/C14H15N3O4/c1-8(18)9-3-5-10(6-4-9)15-12(19)7-11-13(20)16-17(2)14(11)21/h3-6,11H,7H2,1-2H3,(H,15,19)(H,16,20). The van der Waals surface area contributed by atoms with Crippen molar-refractivity contribution in [3.05, 3.63) is 29.8 Å². The second kappa shape index (κ2) is 5.74. The second-order valence-corrected chi connectivity index (χ2v) is 4.81. The van der Waals surface area contributed by atoms with E-state index >= 15 is 0 Å². The number of hydrogen-bond acceptors (Lipinski definition) is 4. The predicted octanol–water partition coefficient (Wildman–Crippen LogP) is 0.337. The average molecular weight is 289 g/mol. The lowest BCUT2D eigenvalue weighted by Crippen LogP contribution is -2.31. The molecule has 21 heavy (non-hydrogen) atoms. The Kier molecular flexibility index (Phi) is 4.02. The molecule has 7 nitrogen and oxygen atoms in total. The molecule has 1 unspecified atom stereocenters. The van der Waals surface area contributed by atoms with Crippen LogP contribution >= 0.6 is 0 Å². The van der Waals surface area contributed by atoms with E-state index in [-0.39, 0.29) is 12.2 Å². The first-order valence-corrected chi connectivity index (χ1v) is 6.37. The van der Waals surface area contributed by atoms with Gasteiger partial charge in [0.25, 0.3) is 11.8 Å². The van der Waals surface area contributed by atoms with Crippen LogP contribution in [0.25, 0.3) is 0 Å². The first-order chi connectivity index (χ1) is 9.88. The molecule has 1 fully saturated rings. The summed E-state index contributed by atoms with van der Waals surface area (Å²) >= 11 is 0. The van der Waals surface area contributed by atoms with E-state index in [4.69, 9.17) is 0 Å². The number of benzene rings is 1. The van der Waals surface area contributed by atoms with Crippen LogP contribution < -0.4 is 10.7 Å². The van der Waals surface area contributed by atoms with Crippen LogP contribution in [0.15, 0.2) is 24.3 Å². The molecule has 7 heteroatoms. The number of nitrogens with zero attached hydrogens (tertiary/aromatic N) is 1. The van der Waals surface area contributed by atoms with E-state index in [1.54, 1.807) is 24.3 Å². The molecule has 1 aromatic rings. The summed E-state index contributed by atoms with van der Waals surface area (Å²) in [4.78, 5) is 46.2. The highest BCUT2D eigenvalue weighted by Crippen LogP contribution is 2.15. The highest BCUT2D eigenvalue weighted by Gasteiger charge is 2.38. The number of rotatable bonds is 4. The van der Waals surface area contributed by atoms with Crippen molar-refractivity contribution in [2.75, 3.05) is 12.4 Å². The van der Waals surface area contributed by atoms with E-state index in [2.05, 4.69) is 10.7 Å². The Morgan fingerprint density at radius 2 is 1.86 bits per heavy atom. The van der Waals surface area contributed by atoms with Gasteiger partial charge in [-0.25, -0.2) is 0 Å². The van der Waals surface area contributed by atoms with Gasteiger partial charge in [0.15, 0.2) is 5.78 Å². The number of nitrogens with one attached hydrogen (secondary N) is 2. The molecular formula is C14H15N3O4. The van der Waals surface area contributed by atoms with Crippen molar-refractivity contribution in [3.63, 3.8) is 0 Å². The van der Waals surface area contributed by atoms with E-state index < -0.39 is 23.6 Å². The molecule has 0 bridgehead atoms. The van der Waals surface area contributed by atoms with Gasteiger partial charge in [-0.15, -0.1) is 0 Å². The molecule has 0 aliphatic carbocycles. The van der Waals surface area contributed by atoms with Crippen molar-refractivity contribution >= 4 is 29.2 Å². The average Bonchev–Trinajstić information content (AvgIpc) is 2.66. The lowest BCUT2D eigenvalue weighted by atomic mass is 10.0. The van der Waals surface area contributed by atoms with Crippen molar-refractivity contribution in [3.8, 4) is 0 Å². The Hall–Kier alpha value is -2.70. The highest BCUT2D eigenvalue weighted by molar-refractivity contribution is 6.08. The minimum Gasteiger partial charge on any atom is -0.326 e. The van der Waals surface area contributed by atoms with Gasteiger partial charge in [-0.1, -0.05) is 0 Å². The van der Waals surface area contributed by atoms with Gasteiger partial charge in [0.1, 0.15) is 5.92 Å². The SMILES string of the molecule is CC(=O)c1ccc(NC(=O)CC2C(=O)NN(C)C2=O)cc1. The summed E-state index contributed by atoms with van der Waals surface area (Å²) < 4.78 is 0. The fourth-order valence-electron chi connectivity index (χ4n) is 2.01. The molecule has 3 amide bonds. The number of carbonyl (C=O) groups excluding carboxylic acids is 4. The maximum Gasteiger partial charge on any atom is 0.253 e. The number of anilines is 1. The van der Waals surface area contributed by atoms with Crippen LogP contribution in [-0.2, 0) is 14.4 Å². The van der Waals surface area contributed by atoms with E-state index in [1.807, 2.05) is 0 Å². The zero-order chi connectivity index (χ0) is 15.6. The lowest BCUT2D eigenvalue weighted by Gasteiger charge is -2.08. The van der Waals surface area contributed by atoms with Crippen LogP contribution in [0, 0.1) is 5.92 Å². The number of hydrazine groups is 1. The van der Waals surface area contributed by atoms with Crippen molar-refractivity contribution in [2.24, 2.45) is 5.92 Å². The van der Waals surface area contributed by atoms with Crippen LogP contribution in [0.2, 0.25) is 0 Å². The van der Waals surface area contributed by atoms with Gasteiger partial charge < -0.3 is 5.32 Å². The van der Waals surface area contributed by atoms with Crippen LogP contribution in [0.5, 0.6) is 0 Å². The monoisotopic (exact) mass is 289 g/mol. The smallest absolute Gasteiger partial charge is 0.253 e. The fourth-order valence-corrected chi connectivity index (χ4v) is 2.01. The number of Topliss-reactive ketones (excluding diaryl/α,β-unsaturated/α-hetero) is 1. The van der Waals surface area contributed by atoms with Crippen LogP contribution in [-0.4, -0.2) is 35.6 Å². The van der Waals surface area contributed by atoms with Gasteiger partial charge in [-0.05, 0) is 31.2 Å². The summed E-state index contributed by atoms with van der Waals surface area (Å²) in [5.41, 5.74) is 3.38. The summed E-state index contributed by atoms with van der Waals surface area (Å²) in [5, 5.41) is 3.66. The third kappa shape index (κ3) is 3.25. The van der Waals surface area contributed by atoms with Crippen molar-refractivity contribution in [1.29, 1.82) is 0 Å². The summed E-state index contributed by atoms with van der Waals surface area (Å²) in [6.45, 7) is 1.45. The minimum absolute atomic E-state index is 0.0656. The third-order valence-corrected chi connectivity index (χ3v) is 3.19. The quantitative estimate of drug-likeness (QED) is 0.617. The molecule has 0 spiro atoms. The third-order valence-electron chi connectivity index (χ3n) is 3.19. The fraction of sp³-hybridized carbons (Fsp3) is 0.286. The van der Waals surface area contributed by atoms with Crippen LogP contribution in [0.1, 0.15) is 23.7 Å². The van der Waals surface area contributed by atoms with Gasteiger partial charge in [0.05, 0.1) is 0 Å². The van der Waals surface area contributed by atoms with E-state index in [0.717, 1.165) is 5.01 Å². The van der Waals surface area contributed by atoms with Gasteiger partial charge in [-0.3, -0.25) is 29.6 Å². The van der Waals surface area contributed by atoms with Gasteiger partial charge in [0.2, 0.25) is 5.91 Å². The Morgan fingerprint density at radius 1 is 1.24 bits per heavy atom. The van der Waals surface area contributed by atoms with Crippen LogP contribution in [0.3, 0.4) is 0 Å². The van der Waals surface area contributed by atoms with Gasteiger partial charge in [0, 0.05) is 24.7 Å². The molecule has 1 aliphatic heterocycles. The summed E-state index contributed by atoms with van der Waals surface area (Å²) in [6.07, 6.45) is -0.219. The number of amides is 3. The van der Waals surface area contributed by atoms with Crippen molar-refractivity contribution < 1.29 is 19.2 Å². The van der Waals surface area contributed by atoms with Gasteiger partial charge in [-0.2, -0.15) is 0 Å². The van der Waals surface area contributed by atoms with E-state index in [0.29, 0.717) is 11.3 Å². The zero-order valence-corrected chi connectivity index (χ0v) is 11.7. The maximum atomic E-state index is 11.9. The molecular weight excluding hydrogens is 274 g/mol. The first-order valence-electron chi connectivity index (χ1n) is 6.37. The second-order valence-electron chi connectivity index (χ2n) is 4.81. The molecule has 0 saturated carbocycles. The van der Waals surface area contributed by atoms with Crippen molar-refractivity contribution in [2.45, 2.75) is 13.3 Å². The molecule has 2 N–H and O–H groups in total. The molecule has 110 valence electrons. The predicted molar refractivity (Wildman–Crippen MR) is 74.1 cm³/mol. The number of ketones is 1. The zero-order valence-electron chi connectivity index (χ0n) is 11.7.